The van der Waals surface area contributed by atoms with Gasteiger partial charge in [-0.3, -0.25) is 9.59 Å². The highest BCUT2D eigenvalue weighted by atomic mass is 16.5. The van der Waals surface area contributed by atoms with Crippen molar-refractivity contribution in [2.24, 2.45) is 0 Å². The van der Waals surface area contributed by atoms with Gasteiger partial charge in [-0.05, 0) is 12.1 Å². The smallest absolute Gasteiger partial charge is 0.341 e. The molecular weight excluding hydrogens is 270 g/mol. The normalized spacial score (nSPS) is 15.5. The second-order valence-corrected chi connectivity index (χ2v) is 4.87. The number of fused-ring (bicyclic) bond motifs is 4. The van der Waals surface area contributed by atoms with Crippen LogP contribution in [0.2, 0.25) is 0 Å². The summed E-state index contributed by atoms with van der Waals surface area (Å²) in [4.78, 5) is 37.0. The zero-order valence-corrected chi connectivity index (χ0v) is 10.8. The molecule has 4 rings (SSSR count). The van der Waals surface area contributed by atoms with Crippen LogP contribution in [0.4, 0.5) is 5.69 Å². The first kappa shape index (κ1) is 11.8. The molecule has 21 heavy (non-hydrogen) atoms. The van der Waals surface area contributed by atoms with E-state index in [1.54, 1.807) is 24.3 Å². The monoisotopic (exact) mass is 279 g/mol. The summed E-state index contributed by atoms with van der Waals surface area (Å²) in [6.45, 7) is -0.00853. The number of rotatable bonds is 0. The molecule has 0 radical (unpaired) electrons. The molecule has 0 fully saturated rings. The Kier molecular flexibility index (Phi) is 2.27. The number of nitrogens with one attached hydrogen (secondary N) is 1. The van der Waals surface area contributed by atoms with Crippen LogP contribution in [0.1, 0.15) is 42.2 Å². The minimum atomic E-state index is -0.495. The number of carbonyl (C=O) groups excluding carboxylic acids is 3. The molecule has 5 nitrogen and oxygen atoms in total. The standard InChI is InChI=1S/C16H9NO4/c18-14-8-3-1-2-4-9(8)15(19)12-10(14)5-6-11-13(12)17-7-21-16(11)20/h1-6,17H,7H2. The third-order valence-corrected chi connectivity index (χ3v) is 3.77. The van der Waals surface area contributed by atoms with Crippen LogP contribution in [-0.4, -0.2) is 24.3 Å². The fraction of sp³-hybridized carbons (Fsp3) is 0.0625. The summed E-state index contributed by atoms with van der Waals surface area (Å²) in [6.07, 6.45) is 0. The summed E-state index contributed by atoms with van der Waals surface area (Å²) in [5.41, 5.74) is 2.00. The molecule has 0 saturated carbocycles. The lowest BCUT2D eigenvalue weighted by Crippen LogP contribution is -2.28. The van der Waals surface area contributed by atoms with E-state index in [9.17, 15) is 14.4 Å². The molecule has 1 heterocycles. The highest BCUT2D eigenvalue weighted by molar-refractivity contribution is 6.31. The fourth-order valence-electron chi connectivity index (χ4n) is 2.79. The van der Waals surface area contributed by atoms with E-state index in [0.29, 0.717) is 22.4 Å². The van der Waals surface area contributed by atoms with Crippen LogP contribution in [0, 0.1) is 0 Å². The van der Waals surface area contributed by atoms with Gasteiger partial charge in [0.05, 0.1) is 16.8 Å². The largest absolute Gasteiger partial charge is 0.441 e. The minimum absolute atomic E-state index is 0.00853. The highest BCUT2D eigenvalue weighted by Crippen LogP contribution is 2.35. The Labute approximate surface area is 119 Å². The first-order valence-corrected chi connectivity index (χ1v) is 6.45. The molecule has 0 amide bonds. The number of benzene rings is 2. The molecule has 2 aromatic carbocycles. The van der Waals surface area contributed by atoms with E-state index >= 15 is 0 Å². The van der Waals surface area contributed by atoms with Gasteiger partial charge in [-0.2, -0.15) is 0 Å². The first-order valence-electron chi connectivity index (χ1n) is 6.45. The van der Waals surface area contributed by atoms with E-state index in [1.807, 2.05) is 0 Å². The van der Waals surface area contributed by atoms with Crippen molar-refractivity contribution in [3.8, 4) is 0 Å². The molecule has 0 spiro atoms. The zero-order valence-electron chi connectivity index (χ0n) is 10.8. The number of ketones is 2. The summed E-state index contributed by atoms with van der Waals surface area (Å²) in [5, 5.41) is 2.89. The molecule has 1 aliphatic carbocycles. The fourth-order valence-corrected chi connectivity index (χ4v) is 2.79. The van der Waals surface area contributed by atoms with E-state index in [2.05, 4.69) is 5.32 Å². The van der Waals surface area contributed by atoms with Gasteiger partial charge in [0.2, 0.25) is 0 Å². The van der Waals surface area contributed by atoms with E-state index in [-0.39, 0.29) is 29.4 Å². The zero-order chi connectivity index (χ0) is 14.6. The third kappa shape index (κ3) is 1.48. The second kappa shape index (κ2) is 4.02. The Hall–Kier alpha value is -2.95. The summed E-state index contributed by atoms with van der Waals surface area (Å²) < 4.78 is 4.88. The molecule has 102 valence electrons. The summed E-state index contributed by atoms with van der Waals surface area (Å²) >= 11 is 0. The predicted octanol–water partition coefficient (Wildman–Crippen LogP) is 2.00. The maximum absolute atomic E-state index is 12.7. The summed E-state index contributed by atoms with van der Waals surface area (Å²) in [5.74, 6) is -0.950. The molecule has 0 aromatic heterocycles. The Morgan fingerprint density at radius 3 is 2.24 bits per heavy atom. The van der Waals surface area contributed by atoms with Gasteiger partial charge in [0.15, 0.2) is 18.3 Å². The number of hydrogen-bond donors (Lipinski definition) is 1. The van der Waals surface area contributed by atoms with Gasteiger partial charge in [0.25, 0.3) is 0 Å². The molecule has 0 saturated heterocycles. The molecule has 0 bridgehead atoms. The number of ether oxygens (including phenoxy) is 1. The van der Waals surface area contributed by atoms with Gasteiger partial charge in [-0.1, -0.05) is 24.3 Å². The Bertz CT molecular complexity index is 838. The molecule has 5 heteroatoms. The van der Waals surface area contributed by atoms with Crippen molar-refractivity contribution in [1.29, 1.82) is 0 Å². The van der Waals surface area contributed by atoms with E-state index in [0.717, 1.165) is 0 Å². The number of cyclic esters (lactones) is 1. The van der Waals surface area contributed by atoms with Crippen molar-refractivity contribution in [3.63, 3.8) is 0 Å². The average molecular weight is 279 g/mol. The van der Waals surface area contributed by atoms with Crippen molar-refractivity contribution in [2.75, 3.05) is 12.0 Å². The first-order chi connectivity index (χ1) is 10.2. The van der Waals surface area contributed by atoms with Crippen molar-refractivity contribution in [3.05, 3.63) is 64.2 Å². The van der Waals surface area contributed by atoms with Crippen molar-refractivity contribution < 1.29 is 19.1 Å². The van der Waals surface area contributed by atoms with Crippen molar-refractivity contribution in [2.45, 2.75) is 0 Å². The molecule has 2 aliphatic rings. The summed E-state index contributed by atoms with van der Waals surface area (Å²) in [7, 11) is 0. The molecule has 1 N–H and O–H groups in total. The van der Waals surface area contributed by atoms with Gasteiger partial charge < -0.3 is 10.1 Å². The Morgan fingerprint density at radius 1 is 0.810 bits per heavy atom. The number of hydrogen-bond acceptors (Lipinski definition) is 5. The maximum atomic E-state index is 12.7. The van der Waals surface area contributed by atoms with Crippen LogP contribution in [0.3, 0.4) is 0 Å². The number of carbonyl (C=O) groups is 3. The van der Waals surface area contributed by atoms with Crippen LogP contribution in [0.5, 0.6) is 0 Å². The lowest BCUT2D eigenvalue weighted by atomic mass is 9.82. The van der Waals surface area contributed by atoms with Crippen molar-refractivity contribution in [1.82, 2.24) is 0 Å². The number of esters is 1. The van der Waals surface area contributed by atoms with Crippen LogP contribution < -0.4 is 5.32 Å². The van der Waals surface area contributed by atoms with Crippen LogP contribution >= 0.6 is 0 Å². The maximum Gasteiger partial charge on any atom is 0.341 e. The quantitative estimate of drug-likeness (QED) is 0.637. The highest BCUT2D eigenvalue weighted by Gasteiger charge is 2.34. The lowest BCUT2D eigenvalue weighted by Gasteiger charge is -2.25. The molecule has 0 atom stereocenters. The van der Waals surface area contributed by atoms with Crippen molar-refractivity contribution >= 4 is 23.2 Å². The molecular formula is C16H9NO4. The Balaban J connectivity index is 2.04. The van der Waals surface area contributed by atoms with E-state index in [1.165, 1.54) is 12.1 Å². The van der Waals surface area contributed by atoms with E-state index < -0.39 is 5.97 Å². The van der Waals surface area contributed by atoms with Crippen LogP contribution in [-0.2, 0) is 4.74 Å². The van der Waals surface area contributed by atoms with Gasteiger partial charge in [0.1, 0.15) is 0 Å². The topological polar surface area (TPSA) is 72.5 Å². The van der Waals surface area contributed by atoms with Gasteiger partial charge in [0, 0.05) is 16.7 Å². The average Bonchev–Trinajstić information content (AvgIpc) is 2.52. The predicted molar refractivity (Wildman–Crippen MR) is 73.7 cm³/mol. The number of anilines is 1. The Morgan fingerprint density at radius 2 is 1.48 bits per heavy atom. The SMILES string of the molecule is O=C1OCNc2c1ccc1c2C(=O)c2ccccc2C1=O. The third-order valence-electron chi connectivity index (χ3n) is 3.77. The van der Waals surface area contributed by atoms with Gasteiger partial charge in [-0.25, -0.2) is 4.79 Å². The molecule has 1 aliphatic heterocycles. The van der Waals surface area contributed by atoms with Gasteiger partial charge in [-0.15, -0.1) is 0 Å². The minimum Gasteiger partial charge on any atom is -0.441 e. The van der Waals surface area contributed by atoms with E-state index in [4.69, 9.17) is 4.74 Å². The lowest BCUT2D eigenvalue weighted by molar-refractivity contribution is 0.0517. The molecule has 2 aromatic rings. The van der Waals surface area contributed by atoms with Gasteiger partial charge >= 0.3 is 5.97 Å². The summed E-state index contributed by atoms with van der Waals surface area (Å²) in [6, 6.07) is 9.73. The molecule has 0 unspecified atom stereocenters. The second-order valence-electron chi connectivity index (χ2n) is 4.87. The van der Waals surface area contributed by atoms with Crippen LogP contribution in [0.25, 0.3) is 0 Å². The van der Waals surface area contributed by atoms with Crippen LogP contribution in [0.15, 0.2) is 36.4 Å².